The van der Waals surface area contributed by atoms with Gasteiger partial charge in [-0.1, -0.05) is 6.08 Å². The maximum Gasteiger partial charge on any atom is 0.246 e. The summed E-state index contributed by atoms with van der Waals surface area (Å²) in [6, 6.07) is 1.80. The number of aromatic nitrogens is 4. The van der Waals surface area contributed by atoms with Crippen molar-refractivity contribution in [2.24, 2.45) is 0 Å². The molecule has 0 aliphatic carbocycles. The van der Waals surface area contributed by atoms with E-state index in [9.17, 15) is 4.79 Å². The summed E-state index contributed by atoms with van der Waals surface area (Å²) >= 11 is 0. The van der Waals surface area contributed by atoms with Crippen molar-refractivity contribution in [3.8, 4) is 0 Å². The van der Waals surface area contributed by atoms with Crippen LogP contribution in [0.4, 0.5) is 11.8 Å². The maximum atomic E-state index is 12.7. The van der Waals surface area contributed by atoms with Crippen LogP contribution in [-0.2, 0) is 4.79 Å². The molecule has 3 rings (SSSR count). The Morgan fingerprint density at radius 3 is 2.68 bits per heavy atom. The molecular formula is C20H27N7O. The first-order valence-electron chi connectivity index (χ1n) is 9.46. The van der Waals surface area contributed by atoms with Crippen molar-refractivity contribution in [1.29, 1.82) is 0 Å². The smallest absolute Gasteiger partial charge is 0.246 e. The number of carbonyl (C=O) groups excluding carboxylic acids is 1. The topological polar surface area (TPSA) is 87.1 Å². The van der Waals surface area contributed by atoms with Gasteiger partial charge in [0.2, 0.25) is 11.9 Å². The quantitative estimate of drug-likeness (QED) is 0.769. The van der Waals surface area contributed by atoms with Gasteiger partial charge in [-0.25, -0.2) is 15.0 Å². The predicted octanol–water partition coefficient (Wildman–Crippen LogP) is 2.41. The number of hydrogen-bond acceptors (Lipinski definition) is 7. The van der Waals surface area contributed by atoms with Gasteiger partial charge in [0, 0.05) is 42.9 Å². The van der Waals surface area contributed by atoms with Gasteiger partial charge in [-0.3, -0.25) is 9.78 Å². The van der Waals surface area contributed by atoms with E-state index in [0.717, 1.165) is 36.5 Å². The summed E-state index contributed by atoms with van der Waals surface area (Å²) in [5.41, 5.74) is 2.50. The summed E-state index contributed by atoms with van der Waals surface area (Å²) in [4.78, 5) is 34.4. The van der Waals surface area contributed by atoms with Gasteiger partial charge >= 0.3 is 0 Å². The molecule has 1 aliphatic rings. The van der Waals surface area contributed by atoms with Crippen molar-refractivity contribution < 1.29 is 4.79 Å². The molecule has 2 aromatic rings. The first-order valence-corrected chi connectivity index (χ1v) is 9.46. The second kappa shape index (κ2) is 8.88. The van der Waals surface area contributed by atoms with Crippen molar-refractivity contribution in [2.75, 3.05) is 32.5 Å². The van der Waals surface area contributed by atoms with Gasteiger partial charge < -0.3 is 15.1 Å². The minimum atomic E-state index is -0.112. The lowest BCUT2D eigenvalue weighted by Gasteiger charge is -2.24. The monoisotopic (exact) mass is 381 g/mol. The van der Waals surface area contributed by atoms with Crippen LogP contribution in [0.5, 0.6) is 0 Å². The average molecular weight is 381 g/mol. The van der Waals surface area contributed by atoms with Gasteiger partial charge in [-0.15, -0.1) is 0 Å². The van der Waals surface area contributed by atoms with Gasteiger partial charge in [0.1, 0.15) is 5.69 Å². The number of anilines is 2. The predicted molar refractivity (Wildman–Crippen MR) is 108 cm³/mol. The highest BCUT2D eigenvalue weighted by atomic mass is 16.2. The number of likely N-dealkylation sites (N-methyl/N-ethyl adjacent to an activating group) is 1. The van der Waals surface area contributed by atoms with E-state index < -0.39 is 0 Å². The molecule has 0 aromatic carbocycles. The molecule has 0 spiro atoms. The Morgan fingerprint density at radius 2 is 1.96 bits per heavy atom. The van der Waals surface area contributed by atoms with Gasteiger partial charge in [0.15, 0.2) is 5.82 Å². The van der Waals surface area contributed by atoms with Crippen LogP contribution in [-0.4, -0.2) is 62.8 Å². The van der Waals surface area contributed by atoms with E-state index in [1.807, 2.05) is 49.9 Å². The van der Waals surface area contributed by atoms with Crippen molar-refractivity contribution in [2.45, 2.75) is 32.7 Å². The lowest BCUT2D eigenvalue weighted by atomic mass is 10.1. The summed E-state index contributed by atoms with van der Waals surface area (Å²) in [5.74, 6) is 1.08. The fourth-order valence-electron chi connectivity index (χ4n) is 3.35. The number of carbonyl (C=O) groups is 1. The van der Waals surface area contributed by atoms with Gasteiger partial charge in [0.05, 0.1) is 6.04 Å². The number of hydrogen-bond donors (Lipinski definition) is 1. The number of nitrogens with one attached hydrogen (secondary N) is 1. The van der Waals surface area contributed by atoms with E-state index in [4.69, 9.17) is 0 Å². The van der Waals surface area contributed by atoms with Crippen LogP contribution in [0.1, 0.15) is 36.0 Å². The molecule has 0 radical (unpaired) electrons. The molecule has 148 valence electrons. The zero-order valence-electron chi connectivity index (χ0n) is 16.9. The van der Waals surface area contributed by atoms with E-state index in [0.29, 0.717) is 18.3 Å². The molecule has 8 nitrogen and oxygen atoms in total. The van der Waals surface area contributed by atoms with Crippen molar-refractivity contribution in [3.05, 3.63) is 47.7 Å². The van der Waals surface area contributed by atoms with Crippen molar-refractivity contribution in [1.82, 2.24) is 29.7 Å². The van der Waals surface area contributed by atoms with Gasteiger partial charge in [-0.05, 0) is 46.9 Å². The number of likely N-dealkylation sites (tertiary alicyclic amines) is 1. The Morgan fingerprint density at radius 1 is 1.25 bits per heavy atom. The standard InChI is InChI=1S/C20H27N7O/c1-14-13-15(2)24-20(23-14)25-19-18(21-9-10-22-19)16-7-5-12-27(16)17(28)8-6-11-26(3)4/h6,8-10,13,16H,5,7,11-12H2,1-4H3,(H,22,23,24,25)/b8-6+. The number of amides is 1. The SMILES string of the molecule is Cc1cc(C)nc(Nc2nccnc2C2CCCN2C(=O)/C=C/CN(C)C)n1. The Labute approximate surface area is 165 Å². The lowest BCUT2D eigenvalue weighted by Crippen LogP contribution is -2.30. The van der Waals surface area contributed by atoms with Crippen LogP contribution < -0.4 is 5.32 Å². The molecule has 8 heteroatoms. The molecule has 0 saturated carbocycles. The largest absolute Gasteiger partial charge is 0.330 e. The van der Waals surface area contributed by atoms with E-state index in [2.05, 4.69) is 25.3 Å². The molecule has 1 atom stereocenters. The summed E-state index contributed by atoms with van der Waals surface area (Å²) in [6.07, 6.45) is 8.62. The molecule has 0 bridgehead atoms. The summed E-state index contributed by atoms with van der Waals surface area (Å²) in [7, 11) is 3.94. The molecule has 1 unspecified atom stereocenters. The first-order chi connectivity index (χ1) is 13.4. The highest BCUT2D eigenvalue weighted by Crippen LogP contribution is 2.34. The molecular weight excluding hydrogens is 354 g/mol. The second-order valence-corrected chi connectivity index (χ2v) is 7.24. The second-order valence-electron chi connectivity index (χ2n) is 7.24. The van der Waals surface area contributed by atoms with Crippen LogP contribution in [0.15, 0.2) is 30.6 Å². The third-order valence-electron chi connectivity index (χ3n) is 4.52. The summed E-state index contributed by atoms with van der Waals surface area (Å²) < 4.78 is 0. The minimum absolute atomic E-state index is 0.00334. The Kier molecular flexibility index (Phi) is 6.30. The van der Waals surface area contributed by atoms with E-state index in [1.165, 1.54) is 0 Å². The third-order valence-corrected chi connectivity index (χ3v) is 4.52. The van der Waals surface area contributed by atoms with Crippen LogP contribution in [0.2, 0.25) is 0 Å². The fourth-order valence-corrected chi connectivity index (χ4v) is 3.35. The molecule has 1 saturated heterocycles. The van der Waals surface area contributed by atoms with Crippen molar-refractivity contribution >= 4 is 17.7 Å². The minimum Gasteiger partial charge on any atom is -0.330 e. The van der Waals surface area contributed by atoms with Gasteiger partial charge in [-0.2, -0.15) is 0 Å². The Balaban J connectivity index is 1.82. The van der Waals surface area contributed by atoms with Gasteiger partial charge in [0.25, 0.3) is 0 Å². The first kappa shape index (κ1) is 19.9. The van der Waals surface area contributed by atoms with Crippen LogP contribution in [0, 0.1) is 13.8 Å². The Bertz CT molecular complexity index is 845. The molecule has 1 aliphatic heterocycles. The summed E-state index contributed by atoms with van der Waals surface area (Å²) in [5, 5.41) is 3.19. The van der Waals surface area contributed by atoms with Crippen molar-refractivity contribution in [3.63, 3.8) is 0 Å². The lowest BCUT2D eigenvalue weighted by molar-refractivity contribution is -0.127. The van der Waals surface area contributed by atoms with E-state index in [1.54, 1.807) is 18.5 Å². The third kappa shape index (κ3) is 4.89. The molecule has 3 heterocycles. The van der Waals surface area contributed by atoms with E-state index >= 15 is 0 Å². The van der Waals surface area contributed by atoms with E-state index in [-0.39, 0.29) is 11.9 Å². The highest BCUT2D eigenvalue weighted by Gasteiger charge is 2.32. The molecule has 1 amide bonds. The zero-order valence-corrected chi connectivity index (χ0v) is 16.9. The normalized spacial score (nSPS) is 16.9. The maximum absolute atomic E-state index is 12.7. The van der Waals surface area contributed by atoms with Crippen LogP contribution >= 0.6 is 0 Å². The fraction of sp³-hybridized carbons (Fsp3) is 0.450. The highest BCUT2D eigenvalue weighted by molar-refractivity contribution is 5.88. The molecule has 1 N–H and O–H groups in total. The molecule has 1 fully saturated rings. The zero-order chi connectivity index (χ0) is 20.1. The Hall–Kier alpha value is -2.87. The number of rotatable bonds is 6. The number of nitrogens with zero attached hydrogens (tertiary/aromatic N) is 6. The van der Waals surface area contributed by atoms with Crippen LogP contribution in [0.25, 0.3) is 0 Å². The molecule has 2 aromatic heterocycles. The average Bonchev–Trinajstić information content (AvgIpc) is 3.10. The number of aryl methyl sites for hydroxylation is 2. The van der Waals surface area contributed by atoms with Crippen LogP contribution in [0.3, 0.4) is 0 Å². The molecule has 28 heavy (non-hydrogen) atoms. The summed E-state index contributed by atoms with van der Waals surface area (Å²) in [6.45, 7) is 5.29.